The van der Waals surface area contributed by atoms with E-state index in [0.29, 0.717) is 17.3 Å². The Morgan fingerprint density at radius 2 is 1.96 bits per heavy atom. The first-order valence-corrected chi connectivity index (χ1v) is 8.53. The summed E-state index contributed by atoms with van der Waals surface area (Å²) in [6, 6.07) is 15.2. The van der Waals surface area contributed by atoms with Gasteiger partial charge in [-0.25, -0.2) is 0 Å². The summed E-state index contributed by atoms with van der Waals surface area (Å²) in [4.78, 5) is 14.4. The van der Waals surface area contributed by atoms with Crippen LogP contribution < -0.4 is 15.0 Å². The molecule has 4 nitrogen and oxygen atoms in total. The number of fused-ring (bicyclic) bond motifs is 1. The zero-order valence-corrected chi connectivity index (χ0v) is 14.4. The summed E-state index contributed by atoms with van der Waals surface area (Å²) in [6.07, 6.45) is 1.89. The zero-order valence-electron chi connectivity index (χ0n) is 13.6. The fourth-order valence-electron chi connectivity index (χ4n) is 2.71. The third kappa shape index (κ3) is 3.57. The van der Waals surface area contributed by atoms with Gasteiger partial charge in [0.1, 0.15) is 5.75 Å². The summed E-state index contributed by atoms with van der Waals surface area (Å²) in [5.74, 6) is 0.566. The second-order valence-corrected chi connectivity index (χ2v) is 6.05. The SMILES string of the molecule is CCCOc1ccc(C(=O)NC(=S)N2CCc3ccccc32)cc1. The lowest BCUT2D eigenvalue weighted by atomic mass is 10.2. The minimum absolute atomic E-state index is 0.202. The molecule has 0 aromatic heterocycles. The van der Waals surface area contributed by atoms with E-state index in [1.807, 2.05) is 23.1 Å². The number of carbonyl (C=O) groups is 1. The highest BCUT2D eigenvalue weighted by Gasteiger charge is 2.23. The molecule has 2 aromatic rings. The van der Waals surface area contributed by atoms with Crippen LogP contribution in [0.4, 0.5) is 5.69 Å². The van der Waals surface area contributed by atoms with E-state index in [1.54, 1.807) is 24.3 Å². The first-order valence-electron chi connectivity index (χ1n) is 8.12. The molecular formula is C19H20N2O2S. The van der Waals surface area contributed by atoms with Gasteiger partial charge in [-0.15, -0.1) is 0 Å². The van der Waals surface area contributed by atoms with Crippen molar-refractivity contribution < 1.29 is 9.53 Å². The van der Waals surface area contributed by atoms with Crippen LogP contribution in [0.3, 0.4) is 0 Å². The number of ether oxygens (including phenoxy) is 1. The average molecular weight is 340 g/mol. The number of carbonyl (C=O) groups excluding carboxylic acids is 1. The van der Waals surface area contributed by atoms with Crippen LogP contribution in [0.25, 0.3) is 0 Å². The Morgan fingerprint density at radius 1 is 1.21 bits per heavy atom. The number of nitrogens with zero attached hydrogens (tertiary/aromatic N) is 1. The number of rotatable bonds is 4. The van der Waals surface area contributed by atoms with Gasteiger partial charge >= 0.3 is 0 Å². The van der Waals surface area contributed by atoms with Crippen LogP contribution in [0.1, 0.15) is 29.3 Å². The first-order chi connectivity index (χ1) is 11.7. The molecule has 24 heavy (non-hydrogen) atoms. The molecule has 0 saturated heterocycles. The van der Waals surface area contributed by atoms with Crippen LogP contribution in [-0.2, 0) is 6.42 Å². The van der Waals surface area contributed by atoms with Crippen molar-refractivity contribution in [2.45, 2.75) is 19.8 Å². The van der Waals surface area contributed by atoms with Crippen molar-refractivity contribution in [1.29, 1.82) is 0 Å². The molecule has 0 aliphatic carbocycles. The van der Waals surface area contributed by atoms with E-state index >= 15 is 0 Å². The monoisotopic (exact) mass is 340 g/mol. The molecule has 124 valence electrons. The maximum atomic E-state index is 12.4. The molecule has 1 aliphatic rings. The Kier molecular flexibility index (Phi) is 5.11. The molecule has 1 N–H and O–H groups in total. The van der Waals surface area contributed by atoms with Gasteiger partial charge in [-0.05, 0) is 61.0 Å². The molecule has 0 bridgehead atoms. The van der Waals surface area contributed by atoms with Crippen molar-refractivity contribution in [2.24, 2.45) is 0 Å². The fourth-order valence-corrected chi connectivity index (χ4v) is 2.99. The van der Waals surface area contributed by atoms with Gasteiger partial charge in [0.05, 0.1) is 6.61 Å². The highest BCUT2D eigenvalue weighted by atomic mass is 32.1. The van der Waals surface area contributed by atoms with Crippen LogP contribution >= 0.6 is 12.2 Å². The normalized spacial score (nSPS) is 12.6. The molecule has 1 heterocycles. The van der Waals surface area contributed by atoms with Gasteiger partial charge in [0.2, 0.25) is 0 Å². The number of benzene rings is 2. The summed E-state index contributed by atoms with van der Waals surface area (Å²) < 4.78 is 5.53. The standard InChI is InChI=1S/C19H20N2O2S/c1-2-13-23-16-9-7-15(8-10-16)18(22)20-19(24)21-12-11-14-5-3-4-6-17(14)21/h3-10H,2,11-13H2,1H3,(H,20,22,24). The Morgan fingerprint density at radius 3 is 2.71 bits per heavy atom. The number of anilines is 1. The lowest BCUT2D eigenvalue weighted by molar-refractivity contribution is 0.0977. The van der Waals surface area contributed by atoms with Crippen molar-refractivity contribution in [3.8, 4) is 5.75 Å². The van der Waals surface area contributed by atoms with Crippen molar-refractivity contribution in [1.82, 2.24) is 5.32 Å². The molecule has 0 unspecified atom stereocenters. The number of hydrogen-bond acceptors (Lipinski definition) is 3. The van der Waals surface area contributed by atoms with E-state index in [4.69, 9.17) is 17.0 Å². The van der Waals surface area contributed by atoms with E-state index < -0.39 is 0 Å². The Labute approximate surface area is 147 Å². The summed E-state index contributed by atoms with van der Waals surface area (Å²) in [5.41, 5.74) is 2.89. The Hall–Kier alpha value is -2.40. The Balaban J connectivity index is 1.63. The van der Waals surface area contributed by atoms with Gasteiger partial charge in [0.25, 0.3) is 5.91 Å². The maximum Gasteiger partial charge on any atom is 0.257 e. The highest BCUT2D eigenvalue weighted by Crippen LogP contribution is 2.27. The topological polar surface area (TPSA) is 41.6 Å². The average Bonchev–Trinajstić information content (AvgIpc) is 3.04. The minimum atomic E-state index is -0.202. The molecule has 1 aliphatic heterocycles. The van der Waals surface area contributed by atoms with Crippen LogP contribution in [0.2, 0.25) is 0 Å². The van der Waals surface area contributed by atoms with Crippen molar-refractivity contribution >= 4 is 28.9 Å². The van der Waals surface area contributed by atoms with Gasteiger partial charge in [-0.3, -0.25) is 10.1 Å². The molecule has 0 radical (unpaired) electrons. The second kappa shape index (κ2) is 7.45. The summed E-state index contributed by atoms with van der Waals surface area (Å²) >= 11 is 5.42. The van der Waals surface area contributed by atoms with E-state index in [-0.39, 0.29) is 5.91 Å². The summed E-state index contributed by atoms with van der Waals surface area (Å²) in [7, 11) is 0. The molecule has 2 aromatic carbocycles. The third-order valence-corrected chi connectivity index (χ3v) is 4.26. The Bertz CT molecular complexity index is 743. The number of nitrogens with one attached hydrogen (secondary N) is 1. The van der Waals surface area contributed by atoms with Crippen molar-refractivity contribution in [3.05, 3.63) is 59.7 Å². The second-order valence-electron chi connectivity index (χ2n) is 5.66. The molecule has 5 heteroatoms. The van der Waals surface area contributed by atoms with Crippen LogP contribution in [-0.4, -0.2) is 24.2 Å². The van der Waals surface area contributed by atoms with Gasteiger partial charge in [-0.2, -0.15) is 0 Å². The molecule has 0 fully saturated rings. The van der Waals surface area contributed by atoms with Crippen molar-refractivity contribution in [3.63, 3.8) is 0 Å². The van der Waals surface area contributed by atoms with Gasteiger partial charge in [0, 0.05) is 17.8 Å². The predicted molar refractivity (Wildman–Crippen MR) is 99.8 cm³/mol. The summed E-state index contributed by atoms with van der Waals surface area (Å²) in [5, 5.41) is 3.26. The third-order valence-electron chi connectivity index (χ3n) is 3.94. The molecule has 0 atom stereocenters. The van der Waals surface area contributed by atoms with Crippen LogP contribution in [0, 0.1) is 0 Å². The van der Waals surface area contributed by atoms with Crippen LogP contribution in [0.15, 0.2) is 48.5 Å². The van der Waals surface area contributed by atoms with E-state index in [9.17, 15) is 4.79 Å². The number of hydrogen-bond donors (Lipinski definition) is 1. The quantitative estimate of drug-likeness (QED) is 0.864. The minimum Gasteiger partial charge on any atom is -0.494 e. The van der Waals surface area contributed by atoms with Gasteiger partial charge < -0.3 is 9.64 Å². The molecule has 0 spiro atoms. The zero-order chi connectivity index (χ0) is 16.9. The first kappa shape index (κ1) is 16.5. The fraction of sp³-hybridized carbons (Fsp3) is 0.263. The molecule has 0 saturated carbocycles. The maximum absolute atomic E-state index is 12.4. The van der Waals surface area contributed by atoms with Gasteiger partial charge in [0.15, 0.2) is 5.11 Å². The predicted octanol–water partition coefficient (Wildman–Crippen LogP) is 3.55. The van der Waals surface area contributed by atoms with E-state index in [0.717, 1.165) is 30.8 Å². The molecule has 3 rings (SSSR count). The smallest absolute Gasteiger partial charge is 0.257 e. The molecule has 1 amide bonds. The van der Waals surface area contributed by atoms with Crippen molar-refractivity contribution in [2.75, 3.05) is 18.1 Å². The number of para-hydroxylation sites is 1. The lowest BCUT2D eigenvalue weighted by Gasteiger charge is -2.20. The highest BCUT2D eigenvalue weighted by molar-refractivity contribution is 7.80. The van der Waals surface area contributed by atoms with Crippen LogP contribution in [0.5, 0.6) is 5.75 Å². The summed E-state index contributed by atoms with van der Waals surface area (Å²) in [6.45, 7) is 3.52. The number of thiocarbonyl (C=S) groups is 1. The number of amides is 1. The van der Waals surface area contributed by atoms with E-state index in [2.05, 4.69) is 18.3 Å². The molecular weight excluding hydrogens is 320 g/mol. The van der Waals surface area contributed by atoms with E-state index in [1.165, 1.54) is 5.56 Å². The van der Waals surface area contributed by atoms with Gasteiger partial charge in [-0.1, -0.05) is 25.1 Å². The largest absolute Gasteiger partial charge is 0.494 e. The lowest BCUT2D eigenvalue weighted by Crippen LogP contribution is -2.41.